The van der Waals surface area contributed by atoms with Gasteiger partial charge in [-0.3, -0.25) is 9.59 Å². The van der Waals surface area contributed by atoms with E-state index in [1.807, 2.05) is 6.92 Å². The number of hydrogen-bond donors (Lipinski definition) is 1. The minimum atomic E-state index is -0.823. The Bertz CT molecular complexity index is 885. The lowest BCUT2D eigenvalue weighted by Crippen LogP contribution is -2.42. The third-order valence-corrected chi connectivity index (χ3v) is 4.88. The number of esters is 1. The molecule has 1 amide bonds. The van der Waals surface area contributed by atoms with E-state index in [4.69, 9.17) is 9.15 Å². The first-order chi connectivity index (χ1) is 12.4. The monoisotopic (exact) mass is 357 g/mol. The van der Waals surface area contributed by atoms with Crippen LogP contribution in [-0.2, 0) is 9.53 Å². The molecule has 1 aliphatic carbocycles. The van der Waals surface area contributed by atoms with Crippen molar-refractivity contribution >= 4 is 22.8 Å². The lowest BCUT2D eigenvalue weighted by molar-refractivity contribution is -0.125. The van der Waals surface area contributed by atoms with E-state index >= 15 is 0 Å². The average Bonchev–Trinajstić information content (AvgIpc) is 2.62. The highest BCUT2D eigenvalue weighted by molar-refractivity contribution is 5.90. The molecule has 1 aromatic carbocycles. The molecule has 26 heavy (non-hydrogen) atoms. The molecule has 1 aliphatic rings. The third-order valence-electron chi connectivity index (χ3n) is 4.88. The Morgan fingerprint density at radius 1 is 1.23 bits per heavy atom. The van der Waals surface area contributed by atoms with E-state index in [1.165, 1.54) is 6.42 Å². The van der Waals surface area contributed by atoms with Crippen LogP contribution in [0.5, 0.6) is 0 Å². The Balaban J connectivity index is 1.63. The number of aryl methyl sites for hydroxylation is 1. The van der Waals surface area contributed by atoms with Gasteiger partial charge in [-0.15, -0.1) is 0 Å². The van der Waals surface area contributed by atoms with Crippen LogP contribution in [0.2, 0.25) is 0 Å². The standard InChI is InChI=1S/C20H23NO5/c1-12-7-8-17-14(9-12)16(22)10-18(26-17)20(24)25-11-19(23)21-15-6-4-3-5-13(15)2/h7-10,13,15H,3-6,11H2,1-2H3,(H,21,23)/t13-,15+/m0/s1. The van der Waals surface area contributed by atoms with Gasteiger partial charge in [0.2, 0.25) is 5.76 Å². The zero-order chi connectivity index (χ0) is 18.7. The van der Waals surface area contributed by atoms with Crippen molar-refractivity contribution in [3.63, 3.8) is 0 Å². The van der Waals surface area contributed by atoms with Crippen LogP contribution in [-0.4, -0.2) is 24.5 Å². The van der Waals surface area contributed by atoms with Crippen molar-refractivity contribution in [3.05, 3.63) is 45.8 Å². The van der Waals surface area contributed by atoms with Gasteiger partial charge in [-0.05, 0) is 37.8 Å². The summed E-state index contributed by atoms with van der Waals surface area (Å²) in [6.45, 7) is 3.59. The predicted molar refractivity (Wildman–Crippen MR) is 97.1 cm³/mol. The van der Waals surface area contributed by atoms with Crippen molar-refractivity contribution in [2.75, 3.05) is 6.61 Å². The Morgan fingerprint density at radius 3 is 2.77 bits per heavy atom. The number of hydrogen-bond acceptors (Lipinski definition) is 5. The van der Waals surface area contributed by atoms with Gasteiger partial charge >= 0.3 is 5.97 Å². The van der Waals surface area contributed by atoms with E-state index in [9.17, 15) is 14.4 Å². The first-order valence-electron chi connectivity index (χ1n) is 8.95. The van der Waals surface area contributed by atoms with Crippen molar-refractivity contribution in [3.8, 4) is 0 Å². The van der Waals surface area contributed by atoms with Gasteiger partial charge in [0.05, 0.1) is 5.39 Å². The molecular weight excluding hydrogens is 334 g/mol. The Labute approximate surface area is 151 Å². The molecule has 1 fully saturated rings. The maximum atomic E-state index is 12.1. The van der Waals surface area contributed by atoms with Crippen molar-refractivity contribution in [2.45, 2.75) is 45.6 Å². The number of benzene rings is 1. The summed E-state index contributed by atoms with van der Waals surface area (Å²) in [5.74, 6) is -0.942. The maximum Gasteiger partial charge on any atom is 0.374 e. The van der Waals surface area contributed by atoms with E-state index in [0.29, 0.717) is 16.9 Å². The van der Waals surface area contributed by atoms with Crippen LogP contribution < -0.4 is 10.7 Å². The minimum absolute atomic E-state index is 0.122. The first kappa shape index (κ1) is 18.2. The van der Waals surface area contributed by atoms with E-state index < -0.39 is 12.6 Å². The molecule has 0 spiro atoms. The van der Waals surface area contributed by atoms with Gasteiger partial charge < -0.3 is 14.5 Å². The fourth-order valence-electron chi connectivity index (χ4n) is 3.35. The quantitative estimate of drug-likeness (QED) is 0.850. The van der Waals surface area contributed by atoms with E-state index in [-0.39, 0.29) is 23.1 Å². The molecule has 1 heterocycles. The molecule has 0 bridgehead atoms. The number of nitrogens with one attached hydrogen (secondary N) is 1. The largest absolute Gasteiger partial charge is 0.450 e. The van der Waals surface area contributed by atoms with E-state index in [2.05, 4.69) is 12.2 Å². The molecule has 2 atom stereocenters. The van der Waals surface area contributed by atoms with Crippen LogP contribution in [0.25, 0.3) is 11.0 Å². The van der Waals surface area contributed by atoms with Gasteiger partial charge in [0.25, 0.3) is 5.91 Å². The number of ether oxygens (including phenoxy) is 1. The fraction of sp³-hybridized carbons (Fsp3) is 0.450. The zero-order valence-corrected chi connectivity index (χ0v) is 15.0. The van der Waals surface area contributed by atoms with Crippen LogP contribution in [0, 0.1) is 12.8 Å². The molecule has 0 unspecified atom stereocenters. The van der Waals surface area contributed by atoms with Crippen LogP contribution in [0.3, 0.4) is 0 Å². The highest BCUT2D eigenvalue weighted by Gasteiger charge is 2.23. The second-order valence-electron chi connectivity index (χ2n) is 6.99. The van der Waals surface area contributed by atoms with Gasteiger partial charge in [0, 0.05) is 12.1 Å². The summed E-state index contributed by atoms with van der Waals surface area (Å²) in [6, 6.07) is 6.36. The second-order valence-corrected chi connectivity index (χ2v) is 6.99. The molecule has 2 aromatic rings. The van der Waals surface area contributed by atoms with Crippen molar-refractivity contribution in [1.82, 2.24) is 5.32 Å². The Hall–Kier alpha value is -2.63. The highest BCUT2D eigenvalue weighted by atomic mass is 16.5. The van der Waals surface area contributed by atoms with Crippen LogP contribution in [0.15, 0.2) is 33.5 Å². The average molecular weight is 357 g/mol. The van der Waals surface area contributed by atoms with Crippen LogP contribution >= 0.6 is 0 Å². The first-order valence-corrected chi connectivity index (χ1v) is 8.95. The summed E-state index contributed by atoms with van der Waals surface area (Å²) in [5.41, 5.74) is 0.923. The molecule has 0 aliphatic heterocycles. The van der Waals surface area contributed by atoms with Crippen LogP contribution in [0.1, 0.15) is 48.7 Å². The summed E-state index contributed by atoms with van der Waals surface area (Å²) >= 11 is 0. The van der Waals surface area contributed by atoms with Gasteiger partial charge in [0.1, 0.15) is 5.58 Å². The number of rotatable bonds is 4. The molecule has 6 nitrogen and oxygen atoms in total. The summed E-state index contributed by atoms with van der Waals surface area (Å²) in [6.07, 6.45) is 4.31. The Morgan fingerprint density at radius 2 is 2.00 bits per heavy atom. The molecule has 138 valence electrons. The maximum absolute atomic E-state index is 12.1. The fourth-order valence-corrected chi connectivity index (χ4v) is 3.35. The van der Waals surface area contributed by atoms with Gasteiger partial charge in [-0.2, -0.15) is 0 Å². The smallest absolute Gasteiger partial charge is 0.374 e. The molecule has 1 saturated carbocycles. The molecular formula is C20H23NO5. The summed E-state index contributed by atoms with van der Waals surface area (Å²) in [7, 11) is 0. The Kier molecular flexibility index (Phi) is 5.40. The molecule has 0 saturated heterocycles. The lowest BCUT2D eigenvalue weighted by Gasteiger charge is -2.29. The normalized spacial score (nSPS) is 19.9. The second kappa shape index (κ2) is 7.72. The topological polar surface area (TPSA) is 85.6 Å². The van der Waals surface area contributed by atoms with Gasteiger partial charge in [-0.25, -0.2) is 4.79 Å². The lowest BCUT2D eigenvalue weighted by atomic mass is 9.86. The van der Waals surface area contributed by atoms with Crippen molar-refractivity contribution < 1.29 is 18.7 Å². The van der Waals surface area contributed by atoms with Crippen LogP contribution in [0.4, 0.5) is 0 Å². The number of carbonyl (C=O) groups is 2. The summed E-state index contributed by atoms with van der Waals surface area (Å²) < 4.78 is 10.5. The molecule has 3 rings (SSSR count). The number of fused-ring (bicyclic) bond motifs is 1. The number of carbonyl (C=O) groups excluding carboxylic acids is 2. The van der Waals surface area contributed by atoms with E-state index in [1.54, 1.807) is 18.2 Å². The van der Waals surface area contributed by atoms with E-state index in [0.717, 1.165) is 30.9 Å². The molecule has 0 radical (unpaired) electrons. The SMILES string of the molecule is Cc1ccc2oc(C(=O)OCC(=O)N[C@@H]3CCCC[C@@H]3C)cc(=O)c2c1. The molecule has 1 N–H and O–H groups in total. The van der Waals surface area contributed by atoms with Crippen molar-refractivity contribution in [1.29, 1.82) is 0 Å². The summed E-state index contributed by atoms with van der Waals surface area (Å²) in [5, 5.41) is 3.32. The number of amides is 1. The highest BCUT2D eigenvalue weighted by Crippen LogP contribution is 2.23. The predicted octanol–water partition coefficient (Wildman–Crippen LogP) is 2.95. The van der Waals surface area contributed by atoms with Gasteiger partial charge in [0.15, 0.2) is 12.0 Å². The molecule has 1 aromatic heterocycles. The zero-order valence-electron chi connectivity index (χ0n) is 15.0. The minimum Gasteiger partial charge on any atom is -0.450 e. The van der Waals surface area contributed by atoms with Crippen molar-refractivity contribution in [2.24, 2.45) is 5.92 Å². The molecule has 6 heteroatoms. The third kappa shape index (κ3) is 4.12. The summed E-state index contributed by atoms with van der Waals surface area (Å²) in [4.78, 5) is 36.3. The van der Waals surface area contributed by atoms with Gasteiger partial charge in [-0.1, -0.05) is 31.4 Å².